The largest absolute Gasteiger partial charge is 0.394 e. The molecule has 2 aromatic heterocycles. The number of aliphatic hydroxyl groups excluding tert-OH is 3. The van der Waals surface area contributed by atoms with E-state index in [4.69, 9.17) is 9.84 Å². The molecule has 1 saturated heterocycles. The molecule has 0 aromatic carbocycles. The van der Waals surface area contributed by atoms with Crippen molar-refractivity contribution in [3.05, 3.63) is 29.1 Å². The molecule has 0 radical (unpaired) electrons. The van der Waals surface area contributed by atoms with Crippen LogP contribution in [0, 0.1) is 0 Å². The Hall–Kier alpha value is -2.07. The third-order valence-electron chi connectivity index (χ3n) is 3.61. The van der Waals surface area contributed by atoms with Crippen molar-refractivity contribution in [3.8, 4) is 0 Å². The summed E-state index contributed by atoms with van der Waals surface area (Å²) in [5, 5.41) is 28.9. The lowest BCUT2D eigenvalue weighted by molar-refractivity contribution is -0.0546. The van der Waals surface area contributed by atoms with E-state index in [9.17, 15) is 15.0 Å². The first-order chi connectivity index (χ1) is 10.6. The van der Waals surface area contributed by atoms with Gasteiger partial charge in [-0.2, -0.15) is 0 Å². The molecule has 9 nitrogen and oxygen atoms in total. The first-order valence-corrected chi connectivity index (χ1v) is 6.77. The highest BCUT2D eigenvalue weighted by Crippen LogP contribution is 2.28. The molecule has 2 aromatic rings. The minimum Gasteiger partial charge on any atom is -0.394 e. The maximum Gasteiger partial charge on any atom is 0.283 e. The van der Waals surface area contributed by atoms with Crippen LogP contribution in [0.3, 0.4) is 0 Å². The van der Waals surface area contributed by atoms with Crippen molar-refractivity contribution in [3.63, 3.8) is 0 Å². The van der Waals surface area contributed by atoms with Gasteiger partial charge in [-0.1, -0.05) is 6.08 Å². The van der Waals surface area contributed by atoms with Gasteiger partial charge in [-0.05, 0) is 6.92 Å². The highest BCUT2D eigenvalue weighted by atomic mass is 16.6. The molecule has 4 atom stereocenters. The van der Waals surface area contributed by atoms with Gasteiger partial charge < -0.3 is 20.1 Å². The van der Waals surface area contributed by atoms with Crippen LogP contribution in [-0.4, -0.2) is 59.3 Å². The monoisotopic (exact) mass is 308 g/mol. The van der Waals surface area contributed by atoms with Gasteiger partial charge >= 0.3 is 0 Å². The van der Waals surface area contributed by atoms with Gasteiger partial charge in [0.05, 0.1) is 6.61 Å². The molecule has 3 N–H and O–H groups in total. The molecule has 1 aliphatic heterocycles. The number of aliphatic hydroxyl groups is 3. The number of allylic oxidation sites excluding steroid dienone is 1. The Balaban J connectivity index is 2.06. The quantitative estimate of drug-likeness (QED) is 0.643. The number of aromatic nitrogens is 4. The van der Waals surface area contributed by atoms with Crippen molar-refractivity contribution in [1.82, 2.24) is 19.1 Å². The number of nitrogens with zero attached hydrogens (tertiary/aromatic N) is 4. The molecule has 9 heteroatoms. The first-order valence-electron chi connectivity index (χ1n) is 6.77. The summed E-state index contributed by atoms with van der Waals surface area (Å²) < 4.78 is 7.99. The number of hydrogen-bond donors (Lipinski definition) is 3. The van der Waals surface area contributed by atoms with Crippen molar-refractivity contribution < 1.29 is 20.1 Å². The summed E-state index contributed by atoms with van der Waals surface area (Å²) in [6, 6.07) is 0. The van der Waals surface area contributed by atoms with E-state index < -0.39 is 36.7 Å². The van der Waals surface area contributed by atoms with Gasteiger partial charge in [0.25, 0.3) is 5.56 Å². The van der Waals surface area contributed by atoms with Gasteiger partial charge in [-0.3, -0.25) is 13.9 Å². The van der Waals surface area contributed by atoms with Crippen LogP contribution < -0.4 is 5.56 Å². The van der Waals surface area contributed by atoms with E-state index in [0.717, 1.165) is 4.57 Å². The first kappa shape index (κ1) is 14.9. The highest BCUT2D eigenvalue weighted by Gasteiger charge is 2.43. The van der Waals surface area contributed by atoms with Gasteiger partial charge in [0.2, 0.25) is 0 Å². The van der Waals surface area contributed by atoms with E-state index >= 15 is 0 Å². The molecule has 0 spiro atoms. The fraction of sp³-hybridized carbons (Fsp3) is 0.462. The zero-order valence-corrected chi connectivity index (χ0v) is 11.8. The molecule has 1 fully saturated rings. The second-order valence-corrected chi connectivity index (χ2v) is 4.99. The molecule has 0 bridgehead atoms. The van der Waals surface area contributed by atoms with Crippen molar-refractivity contribution in [2.24, 2.45) is 0 Å². The van der Waals surface area contributed by atoms with Crippen LogP contribution in [0.15, 0.2) is 23.5 Å². The molecule has 118 valence electrons. The topological polar surface area (TPSA) is 123 Å². The second-order valence-electron chi connectivity index (χ2n) is 4.99. The summed E-state index contributed by atoms with van der Waals surface area (Å²) in [5.41, 5.74) is 0.00697. The Labute approximate surface area is 124 Å². The lowest BCUT2D eigenvalue weighted by Gasteiger charge is -2.16. The molecule has 0 aliphatic carbocycles. The molecule has 3 rings (SSSR count). The van der Waals surface area contributed by atoms with Gasteiger partial charge in [-0.15, -0.1) is 0 Å². The van der Waals surface area contributed by atoms with Crippen molar-refractivity contribution in [2.45, 2.75) is 31.5 Å². The average Bonchev–Trinajstić information content (AvgIpc) is 3.04. The van der Waals surface area contributed by atoms with Gasteiger partial charge in [0, 0.05) is 6.20 Å². The molecule has 0 unspecified atom stereocenters. The predicted molar refractivity (Wildman–Crippen MR) is 75.8 cm³/mol. The Morgan fingerprint density at radius 3 is 2.73 bits per heavy atom. The van der Waals surface area contributed by atoms with E-state index in [-0.39, 0.29) is 5.52 Å². The van der Waals surface area contributed by atoms with E-state index in [1.54, 1.807) is 16.8 Å². The summed E-state index contributed by atoms with van der Waals surface area (Å²) in [6.45, 7) is 1.36. The van der Waals surface area contributed by atoms with Gasteiger partial charge in [-0.25, -0.2) is 9.97 Å². The number of ether oxygens (including phenoxy) is 1. The van der Waals surface area contributed by atoms with Crippen LogP contribution in [0.2, 0.25) is 0 Å². The predicted octanol–water partition coefficient (Wildman–Crippen LogP) is -1.30. The van der Waals surface area contributed by atoms with Crippen LogP contribution in [0.25, 0.3) is 17.4 Å². The van der Waals surface area contributed by atoms with E-state index in [1.165, 1.54) is 12.7 Å². The Bertz CT molecular complexity index is 767. The molecular formula is C13H16N4O5. The van der Waals surface area contributed by atoms with Crippen LogP contribution in [0.5, 0.6) is 0 Å². The van der Waals surface area contributed by atoms with Crippen LogP contribution in [0.4, 0.5) is 0 Å². The van der Waals surface area contributed by atoms with E-state index in [1.807, 2.05) is 6.92 Å². The van der Waals surface area contributed by atoms with E-state index in [0.29, 0.717) is 5.65 Å². The van der Waals surface area contributed by atoms with Crippen molar-refractivity contribution in [1.29, 1.82) is 0 Å². The maximum atomic E-state index is 12.5. The van der Waals surface area contributed by atoms with Crippen molar-refractivity contribution >= 4 is 17.4 Å². The van der Waals surface area contributed by atoms with Crippen molar-refractivity contribution in [2.75, 3.05) is 6.61 Å². The zero-order valence-electron chi connectivity index (χ0n) is 11.8. The summed E-state index contributed by atoms with van der Waals surface area (Å²) >= 11 is 0. The Morgan fingerprint density at radius 1 is 1.32 bits per heavy atom. The summed E-state index contributed by atoms with van der Waals surface area (Å²) in [5.74, 6) is 0. The third-order valence-corrected chi connectivity index (χ3v) is 3.61. The summed E-state index contributed by atoms with van der Waals surface area (Å²) in [4.78, 5) is 20.6. The SMILES string of the molecule is C/C=C/n1cnc2c(=O)n([C@@H]3O[C@H](CO)[C@@H](O)[C@H]3O)cnc21. The lowest BCUT2D eigenvalue weighted by Crippen LogP contribution is -2.35. The van der Waals surface area contributed by atoms with Crippen LogP contribution in [-0.2, 0) is 4.74 Å². The lowest BCUT2D eigenvalue weighted by atomic mass is 10.1. The zero-order chi connectivity index (χ0) is 15.9. The molecule has 0 saturated carbocycles. The standard InChI is InChI=1S/C13H16N4O5/c1-2-3-16-5-14-8-11(16)15-6-17(12(8)21)13-10(20)9(19)7(4-18)22-13/h2-3,5-7,9-10,13,18-20H,4H2,1H3/b3-2+/t7-,9-,10-,13-/m1/s1. The molecule has 1 aliphatic rings. The average molecular weight is 308 g/mol. The fourth-order valence-corrected chi connectivity index (χ4v) is 2.49. The highest BCUT2D eigenvalue weighted by molar-refractivity contribution is 5.71. The molecular weight excluding hydrogens is 292 g/mol. The number of hydrogen-bond acceptors (Lipinski definition) is 7. The molecule has 3 heterocycles. The molecule has 22 heavy (non-hydrogen) atoms. The second kappa shape index (κ2) is 5.61. The number of rotatable bonds is 3. The van der Waals surface area contributed by atoms with Gasteiger partial charge in [0.15, 0.2) is 17.4 Å². The summed E-state index contributed by atoms with van der Waals surface area (Å²) in [7, 11) is 0. The van der Waals surface area contributed by atoms with Crippen LogP contribution in [0.1, 0.15) is 13.2 Å². The minimum atomic E-state index is -1.34. The Morgan fingerprint density at radius 2 is 2.09 bits per heavy atom. The number of imidazole rings is 1. The third kappa shape index (κ3) is 2.15. The van der Waals surface area contributed by atoms with E-state index in [2.05, 4.69) is 9.97 Å². The smallest absolute Gasteiger partial charge is 0.283 e. The fourth-order valence-electron chi connectivity index (χ4n) is 2.49. The van der Waals surface area contributed by atoms with Gasteiger partial charge in [0.1, 0.15) is 31.0 Å². The van der Waals surface area contributed by atoms with Crippen LogP contribution >= 0.6 is 0 Å². The normalized spacial score (nSPS) is 28.9. The number of fused-ring (bicyclic) bond motifs is 1. The Kier molecular flexibility index (Phi) is 3.79. The maximum absolute atomic E-state index is 12.5. The molecule has 0 amide bonds. The summed E-state index contributed by atoms with van der Waals surface area (Å²) in [6.07, 6.45) is 1.48. The minimum absolute atomic E-state index is 0.123.